The van der Waals surface area contributed by atoms with E-state index in [2.05, 4.69) is 5.32 Å². The number of hydrogen-bond donors (Lipinski definition) is 1. The smallest absolute Gasteiger partial charge is 0.408 e. The van der Waals surface area contributed by atoms with Gasteiger partial charge in [0, 0.05) is 12.8 Å². The first-order chi connectivity index (χ1) is 12.6. The van der Waals surface area contributed by atoms with Crippen LogP contribution in [0.2, 0.25) is 0 Å². The molecule has 7 heteroatoms. The van der Waals surface area contributed by atoms with Gasteiger partial charge in [0.05, 0.1) is 20.3 Å². The summed E-state index contributed by atoms with van der Waals surface area (Å²) in [7, 11) is 1.32. The molecule has 2 aliphatic rings. The van der Waals surface area contributed by atoms with Crippen molar-refractivity contribution >= 4 is 12.1 Å². The van der Waals surface area contributed by atoms with E-state index in [4.69, 9.17) is 18.9 Å². The fourth-order valence-electron chi connectivity index (χ4n) is 3.59. The summed E-state index contributed by atoms with van der Waals surface area (Å²) in [6.45, 7) is 1.36. The minimum absolute atomic E-state index is 0.0369. The molecule has 1 heterocycles. The first-order valence-electron chi connectivity index (χ1n) is 8.95. The summed E-state index contributed by atoms with van der Waals surface area (Å²) in [5.74, 6) is -1.01. The zero-order valence-electron chi connectivity index (χ0n) is 14.9. The minimum atomic E-state index is -0.734. The quantitative estimate of drug-likeness (QED) is 0.809. The summed E-state index contributed by atoms with van der Waals surface area (Å²) in [6, 6.07) is 8.64. The molecule has 0 aromatic heterocycles. The number of alkyl carbamates (subject to hydrolysis) is 1. The van der Waals surface area contributed by atoms with Crippen LogP contribution in [0.1, 0.15) is 31.2 Å². The Morgan fingerprint density at radius 3 is 2.46 bits per heavy atom. The Morgan fingerprint density at radius 2 is 1.85 bits per heavy atom. The van der Waals surface area contributed by atoms with Gasteiger partial charge in [0.1, 0.15) is 12.6 Å². The number of carbonyl (C=O) groups is 2. The van der Waals surface area contributed by atoms with E-state index in [0.717, 1.165) is 5.56 Å². The molecule has 7 nitrogen and oxygen atoms in total. The summed E-state index contributed by atoms with van der Waals surface area (Å²) in [6.07, 6.45) is 2.19. The van der Waals surface area contributed by atoms with Crippen molar-refractivity contribution in [1.29, 1.82) is 0 Å². The summed E-state index contributed by atoms with van der Waals surface area (Å²) >= 11 is 0. The first kappa shape index (κ1) is 18.7. The topological polar surface area (TPSA) is 83.1 Å². The minimum Gasteiger partial charge on any atom is -0.467 e. The molecule has 1 amide bonds. The van der Waals surface area contributed by atoms with E-state index in [1.165, 1.54) is 7.11 Å². The molecule has 142 valence electrons. The fraction of sp³-hybridized carbons (Fsp3) is 0.579. The average Bonchev–Trinajstić information content (AvgIpc) is 3.13. The van der Waals surface area contributed by atoms with Crippen LogP contribution < -0.4 is 5.32 Å². The molecule has 2 fully saturated rings. The van der Waals surface area contributed by atoms with E-state index in [9.17, 15) is 9.59 Å². The Hall–Kier alpha value is -2.12. The monoisotopic (exact) mass is 363 g/mol. The van der Waals surface area contributed by atoms with Crippen LogP contribution in [0.5, 0.6) is 0 Å². The lowest BCUT2D eigenvalue weighted by Gasteiger charge is -2.37. The maximum atomic E-state index is 12.2. The van der Waals surface area contributed by atoms with Crippen LogP contribution in [0.3, 0.4) is 0 Å². The molecule has 1 aliphatic carbocycles. The largest absolute Gasteiger partial charge is 0.467 e. The summed E-state index contributed by atoms with van der Waals surface area (Å²) in [5, 5.41) is 2.67. The second-order valence-electron chi connectivity index (χ2n) is 6.65. The molecule has 1 saturated heterocycles. The van der Waals surface area contributed by atoms with Gasteiger partial charge in [0.15, 0.2) is 5.79 Å². The Labute approximate surface area is 152 Å². The zero-order valence-corrected chi connectivity index (χ0v) is 14.9. The van der Waals surface area contributed by atoms with Crippen molar-refractivity contribution in [3.63, 3.8) is 0 Å². The van der Waals surface area contributed by atoms with Crippen molar-refractivity contribution in [2.75, 3.05) is 20.3 Å². The third-order valence-electron chi connectivity index (χ3n) is 5.02. The highest BCUT2D eigenvalue weighted by Crippen LogP contribution is 2.39. The van der Waals surface area contributed by atoms with Crippen molar-refractivity contribution in [2.45, 2.75) is 44.1 Å². The Bertz CT molecular complexity index is 604. The number of amides is 1. The van der Waals surface area contributed by atoms with E-state index in [1.807, 2.05) is 30.3 Å². The molecule has 1 aromatic carbocycles. The van der Waals surface area contributed by atoms with Gasteiger partial charge in [0.2, 0.25) is 0 Å². The van der Waals surface area contributed by atoms with Crippen LogP contribution in [0, 0.1) is 5.92 Å². The van der Waals surface area contributed by atoms with Crippen LogP contribution >= 0.6 is 0 Å². The summed E-state index contributed by atoms with van der Waals surface area (Å²) in [4.78, 5) is 24.3. The average molecular weight is 363 g/mol. The highest BCUT2D eigenvalue weighted by atomic mass is 16.7. The van der Waals surface area contributed by atoms with Gasteiger partial charge in [-0.1, -0.05) is 30.3 Å². The normalized spacial score (nSPS) is 20.5. The Balaban J connectivity index is 1.54. The predicted octanol–water partition coefficient (Wildman–Crippen LogP) is 2.39. The fourth-order valence-corrected chi connectivity index (χ4v) is 3.59. The van der Waals surface area contributed by atoms with Gasteiger partial charge >= 0.3 is 12.1 Å². The molecule has 0 bridgehead atoms. The number of rotatable bonds is 5. The van der Waals surface area contributed by atoms with Crippen molar-refractivity contribution in [3.05, 3.63) is 35.9 Å². The predicted molar refractivity (Wildman–Crippen MR) is 92.2 cm³/mol. The first-order valence-corrected chi connectivity index (χ1v) is 8.95. The van der Waals surface area contributed by atoms with Crippen molar-refractivity contribution in [3.8, 4) is 0 Å². The van der Waals surface area contributed by atoms with E-state index in [0.29, 0.717) is 38.9 Å². The number of ether oxygens (including phenoxy) is 4. The molecule has 1 saturated carbocycles. The molecule has 1 N–H and O–H groups in total. The van der Waals surface area contributed by atoms with E-state index < -0.39 is 23.9 Å². The lowest BCUT2D eigenvalue weighted by molar-refractivity contribution is -0.185. The molecular formula is C19H25NO6. The number of benzene rings is 1. The van der Waals surface area contributed by atoms with Crippen LogP contribution in [0.4, 0.5) is 4.79 Å². The highest BCUT2D eigenvalue weighted by Gasteiger charge is 2.44. The van der Waals surface area contributed by atoms with Crippen LogP contribution in [-0.2, 0) is 30.3 Å². The van der Waals surface area contributed by atoms with E-state index in [-0.39, 0.29) is 12.5 Å². The van der Waals surface area contributed by atoms with Gasteiger partial charge < -0.3 is 24.3 Å². The summed E-state index contributed by atoms with van der Waals surface area (Å²) < 4.78 is 21.5. The van der Waals surface area contributed by atoms with Crippen LogP contribution in [0.15, 0.2) is 30.3 Å². The van der Waals surface area contributed by atoms with Crippen LogP contribution in [-0.4, -0.2) is 44.2 Å². The third-order valence-corrected chi connectivity index (χ3v) is 5.02. The lowest BCUT2D eigenvalue weighted by atomic mass is 9.80. The second kappa shape index (κ2) is 8.51. The van der Waals surface area contributed by atoms with E-state index >= 15 is 0 Å². The van der Waals surface area contributed by atoms with Crippen molar-refractivity contribution in [1.82, 2.24) is 5.32 Å². The SMILES string of the molecule is COC(=O)C(NC(=O)OCc1ccccc1)C1CCC2(CC1)OCCO2. The second-order valence-corrected chi connectivity index (χ2v) is 6.65. The molecule has 1 unspecified atom stereocenters. The number of methoxy groups -OCH3 is 1. The van der Waals surface area contributed by atoms with E-state index in [1.54, 1.807) is 0 Å². The number of nitrogens with one attached hydrogen (secondary N) is 1. The molecule has 3 rings (SSSR count). The summed E-state index contributed by atoms with van der Waals surface area (Å²) in [5.41, 5.74) is 0.882. The zero-order chi connectivity index (χ0) is 18.4. The molecule has 1 spiro atoms. The molecule has 1 atom stereocenters. The highest BCUT2D eigenvalue weighted by molar-refractivity contribution is 5.81. The Morgan fingerprint density at radius 1 is 1.19 bits per heavy atom. The third kappa shape index (κ3) is 4.53. The molecule has 1 aliphatic heterocycles. The number of esters is 1. The molecule has 0 radical (unpaired) electrons. The van der Waals surface area contributed by atoms with Gasteiger partial charge in [-0.2, -0.15) is 0 Å². The van der Waals surface area contributed by atoms with Crippen LogP contribution in [0.25, 0.3) is 0 Å². The van der Waals surface area contributed by atoms with Gasteiger partial charge in [-0.25, -0.2) is 9.59 Å². The standard InChI is InChI=1S/C19H25NO6/c1-23-17(21)16(15-7-9-19(10-8-15)25-11-12-26-19)20-18(22)24-13-14-5-3-2-4-6-14/h2-6,15-16H,7-13H2,1H3,(H,20,22). The van der Waals surface area contributed by atoms with Gasteiger partial charge in [-0.15, -0.1) is 0 Å². The van der Waals surface area contributed by atoms with Gasteiger partial charge in [0.25, 0.3) is 0 Å². The Kier molecular flexibility index (Phi) is 6.11. The van der Waals surface area contributed by atoms with Crippen molar-refractivity contribution in [2.24, 2.45) is 5.92 Å². The van der Waals surface area contributed by atoms with Gasteiger partial charge in [-0.3, -0.25) is 0 Å². The maximum absolute atomic E-state index is 12.2. The van der Waals surface area contributed by atoms with Crippen molar-refractivity contribution < 1.29 is 28.5 Å². The maximum Gasteiger partial charge on any atom is 0.408 e. The van der Waals surface area contributed by atoms with Gasteiger partial charge in [-0.05, 0) is 24.3 Å². The number of hydrogen-bond acceptors (Lipinski definition) is 6. The number of carbonyl (C=O) groups excluding carboxylic acids is 2. The molecular weight excluding hydrogens is 338 g/mol. The molecule has 1 aromatic rings. The molecule has 26 heavy (non-hydrogen) atoms. The lowest BCUT2D eigenvalue weighted by Crippen LogP contribution is -2.49.